The smallest absolute Gasteiger partial charge is 0.335 e. The maximum Gasteiger partial charge on any atom is 0.335 e. The van der Waals surface area contributed by atoms with E-state index in [4.69, 9.17) is 9.84 Å². The number of benzene rings is 1. The number of carboxylic acid groups (broad SMARTS) is 1. The zero-order chi connectivity index (χ0) is 13.4. The number of carbonyl (C=O) groups is 2. The van der Waals surface area contributed by atoms with Crippen molar-refractivity contribution in [2.24, 2.45) is 0 Å². The first kappa shape index (κ1) is 14.2. The van der Waals surface area contributed by atoms with Gasteiger partial charge in [-0.05, 0) is 24.1 Å². The van der Waals surface area contributed by atoms with Gasteiger partial charge in [-0.3, -0.25) is 4.79 Å². The number of carbonyl (C=O) groups excluding carboxylic acids is 1. The van der Waals surface area contributed by atoms with Gasteiger partial charge in [0.15, 0.2) is 0 Å². The van der Waals surface area contributed by atoms with Gasteiger partial charge in [0.2, 0.25) is 5.91 Å². The maximum atomic E-state index is 11.4. The van der Waals surface area contributed by atoms with Crippen molar-refractivity contribution in [1.29, 1.82) is 0 Å². The summed E-state index contributed by atoms with van der Waals surface area (Å²) in [5.41, 5.74) is 0.961. The number of amides is 1. The summed E-state index contributed by atoms with van der Waals surface area (Å²) < 4.78 is 5.09. The molecule has 0 spiro atoms. The predicted octanol–water partition coefficient (Wildman–Crippen LogP) is 1.43. The van der Waals surface area contributed by atoms with Crippen molar-refractivity contribution in [1.82, 2.24) is 5.32 Å². The molecular weight excluding hydrogens is 234 g/mol. The van der Waals surface area contributed by atoms with Crippen LogP contribution in [-0.4, -0.2) is 30.2 Å². The average molecular weight is 251 g/mol. The molecule has 0 bridgehead atoms. The lowest BCUT2D eigenvalue weighted by Gasteiger charge is -2.06. The average Bonchev–Trinajstić information content (AvgIpc) is 2.37. The second kappa shape index (κ2) is 7.45. The summed E-state index contributed by atoms with van der Waals surface area (Å²) in [6.07, 6.45) is 0.869. The fourth-order valence-electron chi connectivity index (χ4n) is 1.38. The van der Waals surface area contributed by atoms with Crippen molar-refractivity contribution in [3.63, 3.8) is 0 Å². The Balaban J connectivity index is 2.41. The zero-order valence-corrected chi connectivity index (χ0v) is 10.3. The molecular formula is C13H17NO4. The molecule has 0 aliphatic rings. The SMILES string of the molecule is CCCOCC(=O)NCc1cccc(C(=O)O)c1. The molecule has 1 rings (SSSR count). The quantitative estimate of drug-likeness (QED) is 0.719. The Morgan fingerprint density at radius 1 is 1.39 bits per heavy atom. The fourth-order valence-corrected chi connectivity index (χ4v) is 1.38. The number of carboxylic acids is 1. The van der Waals surface area contributed by atoms with Crippen LogP contribution in [0.5, 0.6) is 0 Å². The molecule has 0 radical (unpaired) electrons. The van der Waals surface area contributed by atoms with Crippen molar-refractivity contribution in [3.8, 4) is 0 Å². The molecule has 5 nitrogen and oxygen atoms in total. The molecule has 0 atom stereocenters. The highest BCUT2D eigenvalue weighted by Crippen LogP contribution is 2.04. The van der Waals surface area contributed by atoms with Gasteiger partial charge in [-0.1, -0.05) is 19.1 Å². The minimum Gasteiger partial charge on any atom is -0.478 e. The molecule has 0 unspecified atom stereocenters. The molecule has 5 heteroatoms. The van der Waals surface area contributed by atoms with E-state index in [0.29, 0.717) is 13.2 Å². The lowest BCUT2D eigenvalue weighted by molar-refractivity contribution is -0.125. The molecule has 1 aromatic carbocycles. The normalized spacial score (nSPS) is 10.1. The topological polar surface area (TPSA) is 75.6 Å². The minimum atomic E-state index is -0.977. The Hall–Kier alpha value is -1.88. The zero-order valence-electron chi connectivity index (χ0n) is 10.3. The Morgan fingerprint density at radius 2 is 2.17 bits per heavy atom. The van der Waals surface area contributed by atoms with Gasteiger partial charge in [0, 0.05) is 13.2 Å². The second-order valence-corrected chi connectivity index (χ2v) is 3.83. The van der Waals surface area contributed by atoms with Crippen LogP contribution in [0.1, 0.15) is 29.3 Å². The molecule has 0 heterocycles. The third kappa shape index (κ3) is 4.97. The third-order valence-corrected chi connectivity index (χ3v) is 2.25. The molecule has 0 saturated heterocycles. The molecule has 18 heavy (non-hydrogen) atoms. The van der Waals surface area contributed by atoms with Crippen LogP contribution in [0.15, 0.2) is 24.3 Å². The standard InChI is InChI=1S/C13H17NO4/c1-2-6-18-9-12(15)14-8-10-4-3-5-11(7-10)13(16)17/h3-5,7H,2,6,8-9H2,1H3,(H,14,15)(H,16,17). The van der Waals surface area contributed by atoms with E-state index in [9.17, 15) is 9.59 Å². The third-order valence-electron chi connectivity index (χ3n) is 2.25. The second-order valence-electron chi connectivity index (χ2n) is 3.83. The highest BCUT2D eigenvalue weighted by atomic mass is 16.5. The summed E-state index contributed by atoms with van der Waals surface area (Å²) in [6.45, 7) is 2.86. The Kier molecular flexibility index (Phi) is 5.87. The number of rotatable bonds is 7. The monoisotopic (exact) mass is 251 g/mol. The van der Waals surface area contributed by atoms with E-state index in [1.165, 1.54) is 12.1 Å². The van der Waals surface area contributed by atoms with E-state index in [-0.39, 0.29) is 18.1 Å². The van der Waals surface area contributed by atoms with Gasteiger partial charge in [-0.2, -0.15) is 0 Å². The summed E-state index contributed by atoms with van der Waals surface area (Å²) >= 11 is 0. The van der Waals surface area contributed by atoms with Crippen molar-refractivity contribution < 1.29 is 19.4 Å². The van der Waals surface area contributed by atoms with Gasteiger partial charge < -0.3 is 15.2 Å². The summed E-state index contributed by atoms with van der Waals surface area (Å²) in [4.78, 5) is 22.1. The van der Waals surface area contributed by atoms with E-state index in [0.717, 1.165) is 12.0 Å². The molecule has 2 N–H and O–H groups in total. The maximum absolute atomic E-state index is 11.4. The molecule has 0 aromatic heterocycles. The van der Waals surface area contributed by atoms with Crippen molar-refractivity contribution >= 4 is 11.9 Å². The lowest BCUT2D eigenvalue weighted by atomic mass is 10.1. The molecule has 0 saturated carbocycles. The van der Waals surface area contributed by atoms with Crippen molar-refractivity contribution in [2.45, 2.75) is 19.9 Å². The van der Waals surface area contributed by atoms with Gasteiger partial charge in [-0.25, -0.2) is 4.79 Å². The minimum absolute atomic E-state index is 0.0342. The van der Waals surface area contributed by atoms with Crippen LogP contribution in [0.3, 0.4) is 0 Å². The van der Waals surface area contributed by atoms with E-state index in [1.807, 2.05) is 6.92 Å². The van der Waals surface area contributed by atoms with Crippen LogP contribution in [0.4, 0.5) is 0 Å². The number of ether oxygens (including phenoxy) is 1. The van der Waals surface area contributed by atoms with Crippen LogP contribution in [-0.2, 0) is 16.1 Å². The molecule has 0 aliphatic carbocycles. The fraction of sp³-hybridized carbons (Fsp3) is 0.385. The highest BCUT2D eigenvalue weighted by Gasteiger charge is 2.04. The number of hydrogen-bond acceptors (Lipinski definition) is 3. The molecule has 0 aliphatic heterocycles. The highest BCUT2D eigenvalue weighted by molar-refractivity contribution is 5.87. The number of aromatic carboxylic acids is 1. The van der Waals surface area contributed by atoms with E-state index in [1.54, 1.807) is 12.1 Å². The van der Waals surface area contributed by atoms with Crippen molar-refractivity contribution in [2.75, 3.05) is 13.2 Å². The summed E-state index contributed by atoms with van der Waals surface area (Å²) in [6, 6.07) is 6.46. The lowest BCUT2D eigenvalue weighted by Crippen LogP contribution is -2.27. The van der Waals surface area contributed by atoms with Crippen LogP contribution < -0.4 is 5.32 Å². The first-order chi connectivity index (χ1) is 8.63. The van der Waals surface area contributed by atoms with Crippen LogP contribution in [0, 0.1) is 0 Å². The number of hydrogen-bond donors (Lipinski definition) is 2. The van der Waals surface area contributed by atoms with Crippen molar-refractivity contribution in [3.05, 3.63) is 35.4 Å². The first-order valence-corrected chi connectivity index (χ1v) is 5.80. The van der Waals surface area contributed by atoms with Gasteiger partial charge in [0.25, 0.3) is 0 Å². The van der Waals surface area contributed by atoms with Gasteiger partial charge in [0.1, 0.15) is 6.61 Å². The summed E-state index contributed by atoms with van der Waals surface area (Å²) in [5.74, 6) is -1.18. The first-order valence-electron chi connectivity index (χ1n) is 5.80. The van der Waals surface area contributed by atoms with Gasteiger partial charge in [0.05, 0.1) is 5.56 Å². The van der Waals surface area contributed by atoms with E-state index in [2.05, 4.69) is 5.32 Å². The molecule has 98 valence electrons. The molecule has 1 amide bonds. The Labute approximate surface area is 106 Å². The van der Waals surface area contributed by atoms with E-state index < -0.39 is 5.97 Å². The summed E-state index contributed by atoms with van der Waals surface area (Å²) in [5, 5.41) is 11.5. The van der Waals surface area contributed by atoms with Gasteiger partial charge in [-0.15, -0.1) is 0 Å². The predicted molar refractivity (Wildman–Crippen MR) is 66.4 cm³/mol. The number of nitrogens with one attached hydrogen (secondary N) is 1. The van der Waals surface area contributed by atoms with Crippen LogP contribution >= 0.6 is 0 Å². The molecule has 0 fully saturated rings. The Morgan fingerprint density at radius 3 is 2.83 bits per heavy atom. The summed E-state index contributed by atoms with van der Waals surface area (Å²) in [7, 11) is 0. The van der Waals surface area contributed by atoms with E-state index >= 15 is 0 Å². The van der Waals surface area contributed by atoms with Crippen LogP contribution in [0.2, 0.25) is 0 Å². The largest absolute Gasteiger partial charge is 0.478 e. The Bertz CT molecular complexity index is 417. The van der Waals surface area contributed by atoms with Crippen LogP contribution in [0.25, 0.3) is 0 Å². The van der Waals surface area contributed by atoms with Gasteiger partial charge >= 0.3 is 5.97 Å². The molecule has 1 aromatic rings.